The zero-order valence-corrected chi connectivity index (χ0v) is 8.18. The molecule has 1 unspecified atom stereocenters. The van der Waals surface area contributed by atoms with Gasteiger partial charge in [0.25, 0.3) is 0 Å². The SMILES string of the molecule is C=CCC(C)NC(=O)C1(N)CCC1. The third kappa shape index (κ3) is 2.31. The van der Waals surface area contributed by atoms with Gasteiger partial charge in [-0.1, -0.05) is 6.08 Å². The summed E-state index contributed by atoms with van der Waals surface area (Å²) in [5, 5.41) is 2.89. The summed E-state index contributed by atoms with van der Waals surface area (Å²) in [6.45, 7) is 5.58. The highest BCUT2D eigenvalue weighted by molar-refractivity contribution is 5.87. The van der Waals surface area contributed by atoms with Crippen LogP contribution >= 0.6 is 0 Å². The predicted octanol–water partition coefficient (Wildman–Crippen LogP) is 0.949. The molecule has 1 atom stereocenters. The van der Waals surface area contributed by atoms with E-state index in [4.69, 9.17) is 5.73 Å². The molecule has 0 aromatic rings. The maximum absolute atomic E-state index is 11.6. The first-order valence-electron chi connectivity index (χ1n) is 4.79. The third-order valence-corrected chi connectivity index (χ3v) is 2.60. The summed E-state index contributed by atoms with van der Waals surface area (Å²) >= 11 is 0. The highest BCUT2D eigenvalue weighted by atomic mass is 16.2. The monoisotopic (exact) mass is 182 g/mol. The second kappa shape index (κ2) is 3.92. The van der Waals surface area contributed by atoms with Crippen LogP contribution in [0.3, 0.4) is 0 Å². The van der Waals surface area contributed by atoms with Crippen molar-refractivity contribution in [1.29, 1.82) is 0 Å². The number of rotatable bonds is 4. The van der Waals surface area contributed by atoms with Gasteiger partial charge >= 0.3 is 0 Å². The number of carbonyl (C=O) groups is 1. The fourth-order valence-corrected chi connectivity index (χ4v) is 1.46. The fourth-order valence-electron chi connectivity index (χ4n) is 1.46. The molecular formula is C10H18N2O. The Morgan fingerprint density at radius 1 is 1.77 bits per heavy atom. The van der Waals surface area contributed by atoms with E-state index in [0.717, 1.165) is 25.7 Å². The summed E-state index contributed by atoms with van der Waals surface area (Å²) < 4.78 is 0. The number of amides is 1. The van der Waals surface area contributed by atoms with E-state index in [9.17, 15) is 4.79 Å². The molecule has 1 rings (SSSR count). The van der Waals surface area contributed by atoms with Gasteiger partial charge in [0.05, 0.1) is 5.54 Å². The molecule has 13 heavy (non-hydrogen) atoms. The minimum absolute atomic E-state index is 0.00639. The van der Waals surface area contributed by atoms with Crippen LogP contribution < -0.4 is 11.1 Å². The van der Waals surface area contributed by atoms with E-state index < -0.39 is 5.54 Å². The predicted molar refractivity (Wildman–Crippen MR) is 53.2 cm³/mol. The molecule has 3 nitrogen and oxygen atoms in total. The second-order valence-electron chi connectivity index (χ2n) is 3.91. The van der Waals surface area contributed by atoms with Crippen LogP contribution in [0.4, 0.5) is 0 Å². The Balaban J connectivity index is 2.36. The van der Waals surface area contributed by atoms with E-state index in [2.05, 4.69) is 11.9 Å². The van der Waals surface area contributed by atoms with Crippen molar-refractivity contribution in [1.82, 2.24) is 5.32 Å². The molecule has 0 saturated heterocycles. The van der Waals surface area contributed by atoms with Crippen molar-refractivity contribution >= 4 is 5.91 Å². The van der Waals surface area contributed by atoms with Gasteiger partial charge in [-0.05, 0) is 32.6 Å². The minimum atomic E-state index is -0.574. The average Bonchev–Trinajstić information content (AvgIpc) is 2.00. The van der Waals surface area contributed by atoms with Gasteiger partial charge < -0.3 is 11.1 Å². The maximum Gasteiger partial charge on any atom is 0.240 e. The first kappa shape index (κ1) is 10.3. The maximum atomic E-state index is 11.6. The quantitative estimate of drug-likeness (QED) is 0.636. The molecule has 1 aliphatic carbocycles. The molecule has 1 fully saturated rings. The number of carbonyl (C=O) groups excluding carboxylic acids is 1. The molecule has 3 N–H and O–H groups in total. The van der Waals surface area contributed by atoms with Gasteiger partial charge in [-0.25, -0.2) is 0 Å². The van der Waals surface area contributed by atoms with Crippen molar-refractivity contribution in [2.45, 2.75) is 44.2 Å². The van der Waals surface area contributed by atoms with Gasteiger partial charge in [0.1, 0.15) is 0 Å². The van der Waals surface area contributed by atoms with E-state index >= 15 is 0 Å². The third-order valence-electron chi connectivity index (χ3n) is 2.60. The molecule has 1 aliphatic rings. The van der Waals surface area contributed by atoms with Crippen LogP contribution in [0.15, 0.2) is 12.7 Å². The van der Waals surface area contributed by atoms with Gasteiger partial charge in [0.15, 0.2) is 0 Å². The highest BCUT2D eigenvalue weighted by Gasteiger charge is 2.40. The van der Waals surface area contributed by atoms with E-state index in [1.807, 2.05) is 6.92 Å². The van der Waals surface area contributed by atoms with Crippen molar-refractivity contribution in [2.75, 3.05) is 0 Å². The normalized spacial score (nSPS) is 21.4. The highest BCUT2D eigenvalue weighted by Crippen LogP contribution is 2.29. The van der Waals surface area contributed by atoms with Crippen molar-refractivity contribution in [3.05, 3.63) is 12.7 Å². The lowest BCUT2D eigenvalue weighted by Gasteiger charge is -2.37. The van der Waals surface area contributed by atoms with Crippen LogP contribution in [0.2, 0.25) is 0 Å². The van der Waals surface area contributed by atoms with Gasteiger partial charge in [0, 0.05) is 6.04 Å². The molecule has 0 bridgehead atoms. The zero-order valence-electron chi connectivity index (χ0n) is 8.18. The van der Waals surface area contributed by atoms with Crippen LogP contribution in [-0.2, 0) is 4.79 Å². The van der Waals surface area contributed by atoms with Gasteiger partial charge in [-0.2, -0.15) is 0 Å². The van der Waals surface area contributed by atoms with E-state index in [1.54, 1.807) is 6.08 Å². The lowest BCUT2D eigenvalue weighted by Crippen LogP contribution is -2.59. The Morgan fingerprint density at radius 2 is 2.38 bits per heavy atom. The molecule has 0 radical (unpaired) electrons. The molecule has 0 spiro atoms. The molecule has 0 aliphatic heterocycles. The Bertz CT molecular complexity index is 209. The minimum Gasteiger partial charge on any atom is -0.352 e. The summed E-state index contributed by atoms with van der Waals surface area (Å²) in [4.78, 5) is 11.6. The van der Waals surface area contributed by atoms with Crippen LogP contribution in [0.25, 0.3) is 0 Å². The summed E-state index contributed by atoms with van der Waals surface area (Å²) in [6.07, 6.45) is 5.30. The first-order chi connectivity index (χ1) is 6.08. The molecule has 1 saturated carbocycles. The van der Waals surface area contributed by atoms with Gasteiger partial charge in [-0.3, -0.25) is 4.79 Å². The molecular weight excluding hydrogens is 164 g/mol. The molecule has 0 aromatic carbocycles. The van der Waals surface area contributed by atoms with Crippen LogP contribution in [0, 0.1) is 0 Å². The molecule has 3 heteroatoms. The summed E-state index contributed by atoms with van der Waals surface area (Å²) in [5.74, 6) is -0.00639. The number of nitrogens with one attached hydrogen (secondary N) is 1. The molecule has 1 amide bonds. The summed E-state index contributed by atoms with van der Waals surface area (Å²) in [7, 11) is 0. The van der Waals surface area contributed by atoms with Crippen LogP contribution in [0.5, 0.6) is 0 Å². The average molecular weight is 182 g/mol. The molecule has 0 aromatic heterocycles. The van der Waals surface area contributed by atoms with Crippen LogP contribution in [0.1, 0.15) is 32.6 Å². The lowest BCUT2D eigenvalue weighted by atomic mass is 9.77. The van der Waals surface area contributed by atoms with Gasteiger partial charge in [-0.15, -0.1) is 6.58 Å². The van der Waals surface area contributed by atoms with Crippen molar-refractivity contribution < 1.29 is 4.79 Å². The van der Waals surface area contributed by atoms with Gasteiger partial charge in [0.2, 0.25) is 5.91 Å². The summed E-state index contributed by atoms with van der Waals surface area (Å²) in [6, 6.07) is 0.144. The zero-order chi connectivity index (χ0) is 9.90. The summed E-state index contributed by atoms with van der Waals surface area (Å²) in [5.41, 5.74) is 5.28. The largest absolute Gasteiger partial charge is 0.352 e. The van der Waals surface area contributed by atoms with Crippen molar-refractivity contribution in [3.63, 3.8) is 0 Å². The first-order valence-corrected chi connectivity index (χ1v) is 4.79. The van der Waals surface area contributed by atoms with E-state index in [-0.39, 0.29) is 11.9 Å². The smallest absolute Gasteiger partial charge is 0.240 e. The van der Waals surface area contributed by atoms with Crippen molar-refractivity contribution in [2.24, 2.45) is 5.73 Å². The topological polar surface area (TPSA) is 55.1 Å². The molecule has 0 heterocycles. The Labute approximate surface area is 79.4 Å². The Hall–Kier alpha value is -0.830. The second-order valence-corrected chi connectivity index (χ2v) is 3.91. The van der Waals surface area contributed by atoms with E-state index in [1.165, 1.54) is 0 Å². The lowest BCUT2D eigenvalue weighted by molar-refractivity contribution is -0.129. The fraction of sp³-hybridized carbons (Fsp3) is 0.700. The number of hydrogen-bond donors (Lipinski definition) is 2. The standard InChI is InChI=1S/C10H18N2O/c1-3-5-8(2)12-9(13)10(11)6-4-7-10/h3,8H,1,4-7,11H2,2H3,(H,12,13). The Kier molecular flexibility index (Phi) is 3.09. The van der Waals surface area contributed by atoms with Crippen LogP contribution in [-0.4, -0.2) is 17.5 Å². The van der Waals surface area contributed by atoms with Crippen molar-refractivity contribution in [3.8, 4) is 0 Å². The van der Waals surface area contributed by atoms with E-state index in [0.29, 0.717) is 0 Å². The number of nitrogens with two attached hydrogens (primary N) is 1. The number of hydrogen-bond acceptors (Lipinski definition) is 2. The Morgan fingerprint density at radius 3 is 2.77 bits per heavy atom. The molecule has 74 valence electrons.